The van der Waals surface area contributed by atoms with Crippen molar-refractivity contribution >= 4 is 5.96 Å². The van der Waals surface area contributed by atoms with Crippen LogP contribution in [0, 0.1) is 5.41 Å². The van der Waals surface area contributed by atoms with E-state index >= 15 is 0 Å². The van der Waals surface area contributed by atoms with E-state index in [0.29, 0.717) is 24.0 Å². The first-order chi connectivity index (χ1) is 14.1. The van der Waals surface area contributed by atoms with E-state index in [-0.39, 0.29) is 5.41 Å². The van der Waals surface area contributed by atoms with E-state index in [9.17, 15) is 0 Å². The lowest BCUT2D eigenvalue weighted by Gasteiger charge is -2.42. The minimum absolute atomic E-state index is 0.277. The molecule has 0 amide bonds. The van der Waals surface area contributed by atoms with Gasteiger partial charge in [0.2, 0.25) is 0 Å². The van der Waals surface area contributed by atoms with E-state index in [1.807, 2.05) is 18.2 Å². The van der Waals surface area contributed by atoms with Crippen molar-refractivity contribution in [3.05, 3.63) is 23.8 Å². The summed E-state index contributed by atoms with van der Waals surface area (Å²) < 4.78 is 16.2. The SMILES string of the molecule is COc1ccc(CN=C(N)NCC2(CN3CCOCC3)CCCCC2)cc1OC. The minimum Gasteiger partial charge on any atom is -0.493 e. The molecule has 1 aromatic carbocycles. The van der Waals surface area contributed by atoms with Gasteiger partial charge in [0, 0.05) is 31.6 Å². The average Bonchev–Trinajstić information content (AvgIpc) is 2.77. The van der Waals surface area contributed by atoms with Crippen LogP contribution in [-0.2, 0) is 11.3 Å². The van der Waals surface area contributed by atoms with Gasteiger partial charge in [0.05, 0.1) is 34.0 Å². The zero-order valence-electron chi connectivity index (χ0n) is 17.9. The number of methoxy groups -OCH3 is 2. The number of aliphatic imine (C=N–C) groups is 1. The molecule has 2 fully saturated rings. The number of nitrogens with two attached hydrogens (primary N) is 1. The molecule has 3 rings (SSSR count). The summed E-state index contributed by atoms with van der Waals surface area (Å²) in [7, 11) is 3.27. The molecule has 2 aliphatic rings. The van der Waals surface area contributed by atoms with Gasteiger partial charge in [-0.2, -0.15) is 0 Å². The largest absolute Gasteiger partial charge is 0.493 e. The molecule has 7 nitrogen and oxygen atoms in total. The highest BCUT2D eigenvalue weighted by Gasteiger charge is 2.34. The number of nitrogens with one attached hydrogen (secondary N) is 1. The van der Waals surface area contributed by atoms with Crippen molar-refractivity contribution in [2.24, 2.45) is 16.1 Å². The normalized spacial score (nSPS) is 20.3. The summed E-state index contributed by atoms with van der Waals surface area (Å²) in [5, 5.41) is 3.42. The molecule has 1 heterocycles. The summed E-state index contributed by atoms with van der Waals surface area (Å²) in [4.78, 5) is 7.09. The van der Waals surface area contributed by atoms with Gasteiger partial charge in [-0.1, -0.05) is 25.3 Å². The Balaban J connectivity index is 1.57. The van der Waals surface area contributed by atoms with Crippen LogP contribution < -0.4 is 20.5 Å². The Morgan fingerprint density at radius 1 is 1.14 bits per heavy atom. The van der Waals surface area contributed by atoms with Crippen molar-refractivity contribution in [2.45, 2.75) is 38.6 Å². The molecule has 7 heteroatoms. The molecule has 29 heavy (non-hydrogen) atoms. The Hall–Kier alpha value is -1.99. The van der Waals surface area contributed by atoms with Crippen molar-refractivity contribution in [1.82, 2.24) is 10.2 Å². The number of benzene rings is 1. The molecule has 0 bridgehead atoms. The fourth-order valence-electron chi connectivity index (χ4n) is 4.42. The summed E-state index contributed by atoms with van der Waals surface area (Å²) in [6.45, 7) is 6.26. The molecule has 1 saturated heterocycles. The zero-order chi connectivity index (χ0) is 20.5. The average molecular weight is 405 g/mol. The molecule has 3 N–H and O–H groups in total. The van der Waals surface area contributed by atoms with Gasteiger partial charge in [-0.05, 0) is 30.5 Å². The number of guanidine groups is 1. The van der Waals surface area contributed by atoms with Crippen LogP contribution in [0.2, 0.25) is 0 Å². The minimum atomic E-state index is 0.277. The van der Waals surface area contributed by atoms with E-state index < -0.39 is 0 Å². The molecular weight excluding hydrogens is 368 g/mol. The van der Waals surface area contributed by atoms with E-state index in [2.05, 4.69) is 15.2 Å². The molecule has 0 spiro atoms. The van der Waals surface area contributed by atoms with Crippen LogP contribution in [0.5, 0.6) is 11.5 Å². The third-order valence-electron chi connectivity index (χ3n) is 6.10. The third-order valence-corrected chi connectivity index (χ3v) is 6.10. The van der Waals surface area contributed by atoms with Crippen LogP contribution in [0.15, 0.2) is 23.2 Å². The first-order valence-corrected chi connectivity index (χ1v) is 10.7. The monoisotopic (exact) mass is 404 g/mol. The second kappa shape index (κ2) is 10.7. The van der Waals surface area contributed by atoms with Crippen molar-refractivity contribution in [3.63, 3.8) is 0 Å². The van der Waals surface area contributed by atoms with E-state index in [1.54, 1.807) is 14.2 Å². The lowest BCUT2D eigenvalue weighted by Crippen LogP contribution is -2.50. The summed E-state index contributed by atoms with van der Waals surface area (Å²) >= 11 is 0. The zero-order valence-corrected chi connectivity index (χ0v) is 17.9. The molecule has 0 atom stereocenters. The second-order valence-corrected chi connectivity index (χ2v) is 8.19. The molecular formula is C22H36N4O3. The number of hydrogen-bond donors (Lipinski definition) is 2. The van der Waals surface area contributed by atoms with Gasteiger partial charge in [-0.25, -0.2) is 4.99 Å². The van der Waals surface area contributed by atoms with Crippen molar-refractivity contribution in [3.8, 4) is 11.5 Å². The van der Waals surface area contributed by atoms with Gasteiger partial charge in [0.25, 0.3) is 0 Å². The molecule has 0 unspecified atom stereocenters. The van der Waals surface area contributed by atoms with E-state index in [0.717, 1.165) is 45.0 Å². The van der Waals surface area contributed by atoms with Crippen LogP contribution in [0.25, 0.3) is 0 Å². The number of nitrogens with zero attached hydrogens (tertiary/aromatic N) is 2. The molecule has 0 aromatic heterocycles. The molecule has 162 valence electrons. The quantitative estimate of drug-likeness (QED) is 0.511. The smallest absolute Gasteiger partial charge is 0.188 e. The first-order valence-electron chi connectivity index (χ1n) is 10.7. The number of rotatable bonds is 8. The highest BCUT2D eigenvalue weighted by Crippen LogP contribution is 2.36. The topological polar surface area (TPSA) is 81.3 Å². The van der Waals surface area contributed by atoms with Gasteiger partial charge < -0.3 is 25.3 Å². The predicted octanol–water partition coefficient (Wildman–Crippen LogP) is 2.39. The maximum absolute atomic E-state index is 6.21. The van der Waals surface area contributed by atoms with Crippen LogP contribution in [0.4, 0.5) is 0 Å². The van der Waals surface area contributed by atoms with E-state index in [4.69, 9.17) is 19.9 Å². The highest BCUT2D eigenvalue weighted by molar-refractivity contribution is 5.77. The number of hydrogen-bond acceptors (Lipinski definition) is 5. The lowest BCUT2D eigenvalue weighted by atomic mass is 9.73. The number of ether oxygens (including phenoxy) is 3. The van der Waals surface area contributed by atoms with Crippen LogP contribution in [0.3, 0.4) is 0 Å². The molecule has 0 radical (unpaired) electrons. The van der Waals surface area contributed by atoms with Gasteiger partial charge in [0.15, 0.2) is 17.5 Å². The van der Waals surface area contributed by atoms with Crippen molar-refractivity contribution in [2.75, 3.05) is 53.6 Å². The molecule has 1 aliphatic carbocycles. The lowest BCUT2D eigenvalue weighted by molar-refractivity contribution is 0.00823. The third kappa shape index (κ3) is 6.24. The summed E-state index contributed by atoms with van der Waals surface area (Å²) in [6, 6.07) is 5.82. The Morgan fingerprint density at radius 2 is 1.86 bits per heavy atom. The van der Waals surface area contributed by atoms with Crippen LogP contribution in [0.1, 0.15) is 37.7 Å². The Morgan fingerprint density at radius 3 is 2.55 bits per heavy atom. The van der Waals surface area contributed by atoms with Crippen LogP contribution in [-0.4, -0.2) is 64.5 Å². The molecule has 1 aliphatic heterocycles. The second-order valence-electron chi connectivity index (χ2n) is 8.19. The standard InChI is InChI=1S/C22H36N4O3/c1-27-19-7-6-18(14-20(19)28-2)15-24-21(23)25-16-22(8-4-3-5-9-22)17-26-10-12-29-13-11-26/h6-7,14H,3-5,8-13,15-17H2,1-2H3,(H3,23,24,25). The van der Waals surface area contributed by atoms with Crippen molar-refractivity contribution in [1.29, 1.82) is 0 Å². The summed E-state index contributed by atoms with van der Waals surface area (Å²) in [5.41, 5.74) is 7.52. The Bertz CT molecular complexity index is 668. The highest BCUT2D eigenvalue weighted by atomic mass is 16.5. The van der Waals surface area contributed by atoms with Crippen LogP contribution >= 0.6 is 0 Å². The van der Waals surface area contributed by atoms with Gasteiger partial charge in [-0.3, -0.25) is 4.90 Å². The van der Waals surface area contributed by atoms with Crippen molar-refractivity contribution < 1.29 is 14.2 Å². The van der Waals surface area contributed by atoms with Gasteiger partial charge in [0.1, 0.15) is 0 Å². The Kier molecular flexibility index (Phi) is 8.00. The van der Waals surface area contributed by atoms with Gasteiger partial charge >= 0.3 is 0 Å². The van der Waals surface area contributed by atoms with Gasteiger partial charge in [-0.15, -0.1) is 0 Å². The molecule has 1 saturated carbocycles. The predicted molar refractivity (Wildman–Crippen MR) is 116 cm³/mol. The maximum Gasteiger partial charge on any atom is 0.188 e. The Labute approximate surface area is 174 Å². The summed E-state index contributed by atoms with van der Waals surface area (Å²) in [5.74, 6) is 1.93. The summed E-state index contributed by atoms with van der Waals surface area (Å²) in [6.07, 6.45) is 6.44. The number of morpholine rings is 1. The first kappa shape index (κ1) is 21.7. The molecule has 1 aromatic rings. The fourth-order valence-corrected chi connectivity index (χ4v) is 4.42. The van der Waals surface area contributed by atoms with E-state index in [1.165, 1.54) is 32.1 Å². The maximum atomic E-state index is 6.21. The fraction of sp³-hybridized carbons (Fsp3) is 0.682.